The van der Waals surface area contributed by atoms with Gasteiger partial charge >= 0.3 is 6.03 Å². The van der Waals surface area contributed by atoms with Crippen LogP contribution in [0.3, 0.4) is 0 Å². The van der Waals surface area contributed by atoms with Crippen molar-refractivity contribution < 1.29 is 13.6 Å². The molecule has 0 saturated carbocycles. The van der Waals surface area contributed by atoms with Crippen molar-refractivity contribution in [3.05, 3.63) is 99.3 Å². The molecule has 2 N–H and O–H groups in total. The van der Waals surface area contributed by atoms with Crippen molar-refractivity contribution in [2.75, 3.05) is 26.2 Å². The summed E-state index contributed by atoms with van der Waals surface area (Å²) in [6.07, 6.45) is 6.83. The Morgan fingerprint density at radius 3 is 2.59 bits per heavy atom. The van der Waals surface area contributed by atoms with Crippen LogP contribution in [0.4, 0.5) is 19.3 Å². The number of amides is 2. The summed E-state index contributed by atoms with van der Waals surface area (Å²) in [4.78, 5) is 17.6. The maximum atomic E-state index is 14.8. The van der Waals surface area contributed by atoms with E-state index in [0.29, 0.717) is 29.4 Å². The van der Waals surface area contributed by atoms with Gasteiger partial charge in [-0.1, -0.05) is 41.4 Å². The van der Waals surface area contributed by atoms with E-state index in [1.54, 1.807) is 12.1 Å². The molecule has 3 aromatic rings. The minimum atomic E-state index is -0.607. The van der Waals surface area contributed by atoms with E-state index in [9.17, 15) is 13.6 Å². The second-order valence-corrected chi connectivity index (χ2v) is 10.6. The first-order valence-corrected chi connectivity index (χ1v) is 13.0. The highest BCUT2D eigenvalue weighted by atomic mass is 35.5. The zero-order valence-electron chi connectivity index (χ0n) is 20.1. The largest absolute Gasteiger partial charge is 0.422 e. The quantitative estimate of drug-likeness (QED) is 0.296. The number of quaternary nitrogens is 1. The summed E-state index contributed by atoms with van der Waals surface area (Å²) < 4.78 is 28.3. The summed E-state index contributed by atoms with van der Waals surface area (Å²) in [7, 11) is 0. The molecule has 37 heavy (non-hydrogen) atoms. The fourth-order valence-electron chi connectivity index (χ4n) is 5.59. The van der Waals surface area contributed by atoms with E-state index in [2.05, 4.69) is 15.6 Å². The van der Waals surface area contributed by atoms with Crippen LogP contribution in [0.2, 0.25) is 10.0 Å². The van der Waals surface area contributed by atoms with Crippen LogP contribution in [-0.4, -0.2) is 37.2 Å². The SMILES string of the molecule is O=C(NCc1ccnc(F)c1)[N+]1(C/C=C/c2ccc(Cl)cc2)CC2(CCNCC2)c2cc(F)c(Cl)cc21. The Kier molecular flexibility index (Phi) is 7.32. The Morgan fingerprint density at radius 2 is 1.86 bits per heavy atom. The van der Waals surface area contributed by atoms with Gasteiger partial charge < -0.3 is 10.6 Å². The van der Waals surface area contributed by atoms with Gasteiger partial charge in [-0.15, -0.1) is 0 Å². The number of benzene rings is 2. The van der Waals surface area contributed by atoms with Crippen molar-refractivity contribution in [2.45, 2.75) is 24.8 Å². The molecule has 1 spiro atoms. The van der Waals surface area contributed by atoms with Crippen LogP contribution in [-0.2, 0) is 12.0 Å². The van der Waals surface area contributed by atoms with Crippen molar-refractivity contribution in [3.8, 4) is 0 Å². The topological polar surface area (TPSA) is 54.0 Å². The number of hydrogen-bond acceptors (Lipinski definition) is 3. The van der Waals surface area contributed by atoms with E-state index < -0.39 is 11.8 Å². The predicted octanol–water partition coefficient (Wildman–Crippen LogP) is 6.23. The number of pyridine rings is 1. The van der Waals surface area contributed by atoms with Gasteiger partial charge in [0.05, 0.1) is 10.4 Å². The highest BCUT2D eigenvalue weighted by molar-refractivity contribution is 6.31. The van der Waals surface area contributed by atoms with Gasteiger partial charge in [0.1, 0.15) is 24.6 Å². The standard InChI is InChI=1S/C28H26Cl2F2N4O/c29-21-5-3-19(4-6-21)2-1-13-36(27(37)35-17-20-7-10-34-26(32)14-20)18-28(8-11-33-12-9-28)22-15-24(31)23(30)16-25(22)36/h1-7,10,14-16,33H,8-9,11-13,17-18H2/p+1/b2-1+. The number of nitrogens with zero attached hydrogens (tertiary/aromatic N) is 2. The molecule has 2 aliphatic rings. The van der Waals surface area contributed by atoms with Gasteiger partial charge in [-0.2, -0.15) is 4.39 Å². The monoisotopic (exact) mass is 543 g/mol. The molecule has 1 fully saturated rings. The molecular weight excluding hydrogens is 517 g/mol. The lowest BCUT2D eigenvalue weighted by Crippen LogP contribution is -2.60. The summed E-state index contributed by atoms with van der Waals surface area (Å²) >= 11 is 12.3. The highest BCUT2D eigenvalue weighted by Crippen LogP contribution is 2.51. The number of hydrogen-bond donors (Lipinski definition) is 2. The Bertz CT molecular complexity index is 1340. The zero-order valence-corrected chi connectivity index (χ0v) is 21.6. The number of carbonyl (C=O) groups is 1. The van der Waals surface area contributed by atoms with Gasteiger partial charge in [0.25, 0.3) is 0 Å². The molecule has 1 saturated heterocycles. The number of aromatic nitrogens is 1. The van der Waals surface area contributed by atoms with Crippen molar-refractivity contribution >= 4 is 41.0 Å². The third-order valence-electron chi connectivity index (χ3n) is 7.43. The number of piperidine rings is 1. The number of urea groups is 1. The molecule has 5 nitrogen and oxygen atoms in total. The highest BCUT2D eigenvalue weighted by Gasteiger charge is 2.57. The molecule has 192 valence electrons. The van der Waals surface area contributed by atoms with E-state index in [1.165, 1.54) is 18.3 Å². The van der Waals surface area contributed by atoms with Crippen LogP contribution < -0.4 is 15.1 Å². The fourth-order valence-corrected chi connectivity index (χ4v) is 5.87. The van der Waals surface area contributed by atoms with Crippen LogP contribution in [0.15, 0.2) is 60.8 Å². The fraction of sp³-hybridized carbons (Fsp3) is 0.286. The molecule has 3 heterocycles. The number of carbonyl (C=O) groups excluding carboxylic acids is 1. The van der Waals surface area contributed by atoms with E-state index in [4.69, 9.17) is 23.2 Å². The van der Waals surface area contributed by atoms with Gasteiger partial charge in [-0.05, 0) is 73.5 Å². The van der Waals surface area contributed by atoms with Gasteiger partial charge in [-0.3, -0.25) is 0 Å². The van der Waals surface area contributed by atoms with Gasteiger partial charge in [0, 0.05) is 29.4 Å². The molecular formula is C28H27Cl2F2N4O+. The summed E-state index contributed by atoms with van der Waals surface area (Å²) in [5.74, 6) is -1.09. The maximum absolute atomic E-state index is 14.8. The zero-order chi connectivity index (χ0) is 26.0. The molecule has 0 aliphatic carbocycles. The normalized spacial score (nSPS) is 20.3. The third-order valence-corrected chi connectivity index (χ3v) is 7.97. The summed E-state index contributed by atoms with van der Waals surface area (Å²) in [5.41, 5.74) is 2.72. The van der Waals surface area contributed by atoms with E-state index in [0.717, 1.165) is 37.1 Å². The smallest absolute Gasteiger partial charge is 0.317 e. The summed E-state index contributed by atoms with van der Waals surface area (Å²) in [5, 5.41) is 7.00. The van der Waals surface area contributed by atoms with E-state index in [1.807, 2.05) is 36.4 Å². The predicted molar refractivity (Wildman–Crippen MR) is 144 cm³/mol. The Balaban J connectivity index is 1.54. The van der Waals surface area contributed by atoms with Crippen LogP contribution in [0.5, 0.6) is 0 Å². The average Bonchev–Trinajstić information content (AvgIpc) is 3.13. The minimum Gasteiger partial charge on any atom is -0.317 e. The van der Waals surface area contributed by atoms with Crippen LogP contribution in [0, 0.1) is 11.8 Å². The first-order chi connectivity index (χ1) is 17.8. The van der Waals surface area contributed by atoms with Crippen molar-refractivity contribution in [2.24, 2.45) is 0 Å². The molecule has 2 amide bonds. The first kappa shape index (κ1) is 25.8. The van der Waals surface area contributed by atoms with Crippen molar-refractivity contribution in [1.29, 1.82) is 0 Å². The molecule has 2 aromatic carbocycles. The Hall–Kier alpha value is -2.84. The summed E-state index contributed by atoms with van der Waals surface area (Å²) in [6, 6.07) is 13.2. The van der Waals surface area contributed by atoms with E-state index in [-0.39, 0.29) is 27.5 Å². The lowest BCUT2D eigenvalue weighted by atomic mass is 9.74. The Labute approximate surface area is 224 Å². The van der Waals surface area contributed by atoms with Gasteiger partial charge in [0.2, 0.25) is 5.95 Å². The Morgan fingerprint density at radius 1 is 1.11 bits per heavy atom. The van der Waals surface area contributed by atoms with Gasteiger partial charge in [-0.25, -0.2) is 18.7 Å². The first-order valence-electron chi connectivity index (χ1n) is 12.2. The van der Waals surface area contributed by atoms with Crippen molar-refractivity contribution in [1.82, 2.24) is 20.1 Å². The molecule has 1 atom stereocenters. The number of halogens is 4. The van der Waals surface area contributed by atoms with Crippen LogP contribution >= 0.6 is 23.2 Å². The third kappa shape index (κ3) is 5.14. The molecule has 9 heteroatoms. The second kappa shape index (κ2) is 10.5. The average molecular weight is 544 g/mol. The molecule has 1 unspecified atom stereocenters. The molecule has 0 bridgehead atoms. The van der Waals surface area contributed by atoms with Crippen molar-refractivity contribution in [3.63, 3.8) is 0 Å². The second-order valence-electron chi connectivity index (χ2n) is 9.72. The van der Waals surface area contributed by atoms with Crippen LogP contribution in [0.25, 0.3) is 6.08 Å². The number of nitrogens with one attached hydrogen (secondary N) is 2. The minimum absolute atomic E-state index is 0.0158. The molecule has 5 rings (SSSR count). The molecule has 1 aromatic heterocycles. The van der Waals surface area contributed by atoms with Crippen LogP contribution in [0.1, 0.15) is 29.5 Å². The maximum Gasteiger partial charge on any atom is 0.422 e. The van der Waals surface area contributed by atoms with E-state index >= 15 is 0 Å². The summed E-state index contributed by atoms with van der Waals surface area (Å²) in [6.45, 7) is 2.51. The number of fused-ring (bicyclic) bond motifs is 2. The number of rotatable bonds is 5. The molecule has 0 radical (unpaired) electrons. The lowest BCUT2D eigenvalue weighted by molar-refractivity contribution is 0.189. The molecule has 2 aliphatic heterocycles. The lowest BCUT2D eigenvalue weighted by Gasteiger charge is -2.36. The van der Waals surface area contributed by atoms with Gasteiger partial charge in [0.15, 0.2) is 0 Å².